The number of rotatable bonds is 3. The smallest absolute Gasteiger partial charge is 0.148 e. The molecule has 20 heavy (non-hydrogen) atoms. The predicted molar refractivity (Wildman–Crippen MR) is 83.4 cm³/mol. The second-order valence-electron chi connectivity index (χ2n) is 5.38. The topological polar surface area (TPSA) is 109 Å². The van der Waals surface area contributed by atoms with Crippen LogP contribution >= 0.6 is 0 Å². The highest BCUT2D eigenvalue weighted by atomic mass is 15.2. The van der Waals surface area contributed by atoms with Crippen LogP contribution < -0.4 is 11.5 Å². The van der Waals surface area contributed by atoms with E-state index in [0.29, 0.717) is 17.6 Å². The van der Waals surface area contributed by atoms with Crippen LogP contribution in [0.5, 0.6) is 0 Å². The second kappa shape index (κ2) is 6.98. The number of aryl methyl sites for hydroxylation is 1. The first-order chi connectivity index (χ1) is 9.36. The van der Waals surface area contributed by atoms with Crippen molar-refractivity contribution in [1.82, 2.24) is 20.4 Å². The first kappa shape index (κ1) is 16.1. The van der Waals surface area contributed by atoms with Gasteiger partial charge >= 0.3 is 0 Å². The fourth-order valence-corrected chi connectivity index (χ4v) is 1.85. The molecular weight excluding hydrogens is 252 g/mol. The van der Waals surface area contributed by atoms with E-state index in [1.54, 1.807) is 0 Å². The number of H-pyrrole nitrogens is 2. The van der Waals surface area contributed by atoms with Crippen LogP contribution in [0.4, 0.5) is 11.6 Å². The SMILES string of the molecule is CCc1[nH]nc(N)c1C.Cc1c(N)n[nH]c1CC(C)C. The van der Waals surface area contributed by atoms with Crippen LogP contribution in [-0.4, -0.2) is 20.4 Å². The lowest BCUT2D eigenvalue weighted by Crippen LogP contribution is -1.96. The molecule has 2 heterocycles. The summed E-state index contributed by atoms with van der Waals surface area (Å²) in [4.78, 5) is 0. The van der Waals surface area contributed by atoms with Crippen molar-refractivity contribution >= 4 is 11.6 Å². The lowest BCUT2D eigenvalue weighted by molar-refractivity contribution is 0.631. The Morgan fingerprint density at radius 2 is 1.40 bits per heavy atom. The molecule has 2 rings (SSSR count). The molecule has 6 heteroatoms. The number of hydrogen-bond acceptors (Lipinski definition) is 4. The Kier molecular flexibility index (Phi) is 5.61. The van der Waals surface area contributed by atoms with Crippen LogP contribution in [0.15, 0.2) is 0 Å². The molecule has 0 saturated carbocycles. The maximum Gasteiger partial charge on any atom is 0.148 e. The van der Waals surface area contributed by atoms with E-state index in [0.717, 1.165) is 35.4 Å². The fourth-order valence-electron chi connectivity index (χ4n) is 1.85. The number of nitrogens with two attached hydrogens (primary N) is 2. The summed E-state index contributed by atoms with van der Waals surface area (Å²) in [6, 6.07) is 0. The molecule has 2 aromatic rings. The predicted octanol–water partition coefficient (Wildman–Crippen LogP) is 2.36. The van der Waals surface area contributed by atoms with Gasteiger partial charge in [0.2, 0.25) is 0 Å². The maximum atomic E-state index is 5.57. The van der Waals surface area contributed by atoms with Crippen molar-refractivity contribution in [1.29, 1.82) is 0 Å². The zero-order chi connectivity index (χ0) is 15.3. The van der Waals surface area contributed by atoms with Crippen molar-refractivity contribution in [2.75, 3.05) is 11.5 Å². The van der Waals surface area contributed by atoms with E-state index in [4.69, 9.17) is 11.5 Å². The van der Waals surface area contributed by atoms with Crippen molar-refractivity contribution in [2.45, 2.75) is 47.5 Å². The minimum atomic E-state index is 0.617. The van der Waals surface area contributed by atoms with Crippen LogP contribution in [-0.2, 0) is 12.8 Å². The number of anilines is 2. The van der Waals surface area contributed by atoms with Crippen LogP contribution in [0.3, 0.4) is 0 Å². The van der Waals surface area contributed by atoms with Crippen LogP contribution in [0.1, 0.15) is 43.3 Å². The molecule has 0 saturated heterocycles. The van der Waals surface area contributed by atoms with E-state index >= 15 is 0 Å². The third-order valence-electron chi connectivity index (χ3n) is 3.26. The second-order valence-corrected chi connectivity index (χ2v) is 5.38. The minimum Gasteiger partial charge on any atom is -0.382 e. The van der Waals surface area contributed by atoms with Crippen molar-refractivity contribution < 1.29 is 0 Å². The third-order valence-corrected chi connectivity index (χ3v) is 3.26. The molecule has 2 aromatic heterocycles. The molecule has 0 aromatic carbocycles. The largest absolute Gasteiger partial charge is 0.382 e. The molecule has 0 fully saturated rings. The van der Waals surface area contributed by atoms with Gasteiger partial charge in [0.25, 0.3) is 0 Å². The summed E-state index contributed by atoms with van der Waals surface area (Å²) in [5.41, 5.74) is 15.5. The number of nitrogens with one attached hydrogen (secondary N) is 2. The highest BCUT2D eigenvalue weighted by molar-refractivity contribution is 5.41. The van der Waals surface area contributed by atoms with E-state index in [1.165, 1.54) is 0 Å². The average Bonchev–Trinajstić information content (AvgIpc) is 2.88. The summed E-state index contributed by atoms with van der Waals surface area (Å²) in [6.45, 7) is 10.4. The van der Waals surface area contributed by atoms with Crippen LogP contribution in [0.2, 0.25) is 0 Å². The Hall–Kier alpha value is -1.98. The van der Waals surface area contributed by atoms with E-state index in [-0.39, 0.29) is 0 Å². The van der Waals surface area contributed by atoms with Crippen LogP contribution in [0, 0.1) is 19.8 Å². The van der Waals surface area contributed by atoms with E-state index in [9.17, 15) is 0 Å². The molecule has 0 atom stereocenters. The molecule has 0 amide bonds. The van der Waals surface area contributed by atoms with Gasteiger partial charge in [-0.2, -0.15) is 10.2 Å². The zero-order valence-corrected chi connectivity index (χ0v) is 13.0. The Morgan fingerprint density at radius 3 is 1.65 bits per heavy atom. The number of nitrogen functional groups attached to an aromatic ring is 2. The third kappa shape index (κ3) is 4.01. The highest BCUT2D eigenvalue weighted by Crippen LogP contribution is 2.14. The molecule has 0 aliphatic heterocycles. The number of hydrogen-bond donors (Lipinski definition) is 4. The first-order valence-corrected chi connectivity index (χ1v) is 6.95. The van der Waals surface area contributed by atoms with Crippen LogP contribution in [0.25, 0.3) is 0 Å². The Balaban J connectivity index is 0.000000204. The summed E-state index contributed by atoms with van der Waals surface area (Å²) >= 11 is 0. The van der Waals surface area contributed by atoms with Gasteiger partial charge in [-0.3, -0.25) is 10.2 Å². The summed E-state index contributed by atoms with van der Waals surface area (Å²) in [5, 5.41) is 13.5. The van der Waals surface area contributed by atoms with Crippen molar-refractivity contribution in [2.24, 2.45) is 5.92 Å². The molecule has 112 valence electrons. The molecule has 0 unspecified atom stereocenters. The molecule has 0 bridgehead atoms. The zero-order valence-electron chi connectivity index (χ0n) is 13.0. The molecule has 0 radical (unpaired) electrons. The average molecular weight is 278 g/mol. The Morgan fingerprint density at radius 1 is 0.950 bits per heavy atom. The highest BCUT2D eigenvalue weighted by Gasteiger charge is 2.06. The standard InChI is InChI=1S/C8H15N3.C6H11N3/c1-5(2)4-7-6(3)8(9)11-10-7;1-3-5-4(2)6(7)9-8-5/h5H,4H2,1-3H3,(H3,9,10,11);3H2,1-2H3,(H3,7,8,9). The van der Waals surface area contributed by atoms with Gasteiger partial charge in [0.15, 0.2) is 0 Å². The molecule has 6 N–H and O–H groups in total. The van der Waals surface area contributed by atoms with Gasteiger partial charge in [-0.15, -0.1) is 0 Å². The van der Waals surface area contributed by atoms with Gasteiger partial charge in [0, 0.05) is 22.5 Å². The van der Waals surface area contributed by atoms with Crippen molar-refractivity contribution in [3.05, 3.63) is 22.5 Å². The minimum absolute atomic E-state index is 0.617. The number of aromatic amines is 2. The van der Waals surface area contributed by atoms with E-state index in [2.05, 4.69) is 41.2 Å². The van der Waals surface area contributed by atoms with Crippen molar-refractivity contribution in [3.8, 4) is 0 Å². The molecule has 0 spiro atoms. The molecular formula is C14H26N6. The molecule has 0 aliphatic carbocycles. The molecule has 0 aliphatic rings. The van der Waals surface area contributed by atoms with Gasteiger partial charge in [0.1, 0.15) is 11.6 Å². The van der Waals surface area contributed by atoms with E-state index < -0.39 is 0 Å². The monoisotopic (exact) mass is 278 g/mol. The van der Waals surface area contributed by atoms with Gasteiger partial charge in [0.05, 0.1) is 0 Å². The lowest BCUT2D eigenvalue weighted by atomic mass is 10.1. The molecule has 6 nitrogen and oxygen atoms in total. The fraction of sp³-hybridized carbons (Fsp3) is 0.571. The summed E-state index contributed by atoms with van der Waals surface area (Å²) in [6.07, 6.45) is 1.99. The summed E-state index contributed by atoms with van der Waals surface area (Å²) in [7, 11) is 0. The lowest BCUT2D eigenvalue weighted by Gasteiger charge is -2.01. The van der Waals surface area contributed by atoms with Gasteiger partial charge in [-0.05, 0) is 32.6 Å². The first-order valence-electron chi connectivity index (χ1n) is 6.95. The summed E-state index contributed by atoms with van der Waals surface area (Å²) < 4.78 is 0. The summed E-state index contributed by atoms with van der Waals surface area (Å²) in [5.74, 6) is 1.89. The van der Waals surface area contributed by atoms with Crippen molar-refractivity contribution in [3.63, 3.8) is 0 Å². The maximum absolute atomic E-state index is 5.57. The Bertz CT molecular complexity index is 538. The van der Waals surface area contributed by atoms with E-state index in [1.807, 2.05) is 13.8 Å². The number of nitrogens with zero attached hydrogens (tertiary/aromatic N) is 2. The van der Waals surface area contributed by atoms with Gasteiger partial charge < -0.3 is 11.5 Å². The van der Waals surface area contributed by atoms with Gasteiger partial charge in [-0.1, -0.05) is 20.8 Å². The Labute approximate surface area is 120 Å². The normalized spacial score (nSPS) is 10.5. The number of aromatic nitrogens is 4. The van der Waals surface area contributed by atoms with Gasteiger partial charge in [-0.25, -0.2) is 0 Å². The quantitative estimate of drug-likeness (QED) is 0.690.